The first kappa shape index (κ1) is 12.1. The van der Waals surface area contributed by atoms with Crippen LogP contribution >= 0.6 is 0 Å². The number of carbonyl (C=O) groups excluding carboxylic acids is 2. The maximum atomic E-state index is 11.8. The minimum absolute atomic E-state index is 0.00680. The maximum absolute atomic E-state index is 11.8. The molecule has 0 radical (unpaired) electrons. The number of methoxy groups -OCH3 is 1. The van der Waals surface area contributed by atoms with Crippen LogP contribution in [0.4, 0.5) is 4.79 Å². The fourth-order valence-electron chi connectivity index (χ4n) is 1.95. The second-order valence-corrected chi connectivity index (χ2v) is 5.51. The van der Waals surface area contributed by atoms with Crippen molar-refractivity contribution in [3.63, 3.8) is 0 Å². The highest BCUT2D eigenvalue weighted by Crippen LogP contribution is 2.40. The van der Waals surface area contributed by atoms with E-state index in [1.807, 2.05) is 0 Å². The summed E-state index contributed by atoms with van der Waals surface area (Å²) in [5.41, 5.74) is 0. The summed E-state index contributed by atoms with van der Waals surface area (Å²) >= 11 is 0. The van der Waals surface area contributed by atoms with Crippen molar-refractivity contribution in [2.24, 2.45) is 0 Å². The average Bonchev–Trinajstić information content (AvgIpc) is 2.59. The maximum Gasteiger partial charge on any atom is 0.514 e. The van der Waals surface area contributed by atoms with Crippen molar-refractivity contribution >= 4 is 22.9 Å². The molecule has 94 valence electrons. The summed E-state index contributed by atoms with van der Waals surface area (Å²) in [7, 11) is -0.0299. The zero-order chi connectivity index (χ0) is 12.6. The van der Waals surface area contributed by atoms with Crippen LogP contribution in [-0.2, 0) is 25.1 Å². The number of hydrogen-bond acceptors (Lipinski definition) is 5. The molecule has 0 aromatic heterocycles. The van der Waals surface area contributed by atoms with Gasteiger partial charge in [-0.2, -0.15) is 0 Å². The lowest BCUT2D eigenvalue weighted by Crippen LogP contribution is -2.49. The topological polar surface area (TPSA) is 72.9 Å². The first-order chi connectivity index (χ1) is 8.08. The van der Waals surface area contributed by atoms with Crippen molar-refractivity contribution in [3.8, 4) is 0 Å². The summed E-state index contributed by atoms with van der Waals surface area (Å²) in [6.07, 6.45) is 0.0303. The molecule has 0 bridgehead atoms. The highest BCUT2D eigenvalue weighted by Gasteiger charge is 2.48. The summed E-state index contributed by atoms with van der Waals surface area (Å²) in [4.78, 5) is 24.4. The lowest BCUT2D eigenvalue weighted by molar-refractivity contribution is -0.144. The fourth-order valence-corrected chi connectivity index (χ4v) is 3.01. The molecule has 0 N–H and O–H groups in total. The van der Waals surface area contributed by atoms with E-state index in [4.69, 9.17) is 4.74 Å². The van der Waals surface area contributed by atoms with Crippen molar-refractivity contribution in [1.82, 2.24) is 4.90 Å². The average molecular weight is 259 g/mol. The van der Waals surface area contributed by atoms with Crippen LogP contribution in [-0.4, -0.2) is 40.1 Å². The number of ether oxygens (including phenoxy) is 2. The molecule has 1 amide bonds. The molecule has 0 aromatic rings. The third kappa shape index (κ3) is 1.95. The fraction of sp³-hybridized carbons (Fsp3) is 0.600. The molecular weight excluding hydrogens is 246 g/mol. The van der Waals surface area contributed by atoms with Gasteiger partial charge in [-0.25, -0.2) is 4.79 Å². The molecule has 6 nitrogen and oxygen atoms in total. The highest BCUT2D eigenvalue weighted by atomic mass is 32.2. The molecule has 2 unspecified atom stereocenters. The lowest BCUT2D eigenvalue weighted by Gasteiger charge is -2.34. The van der Waals surface area contributed by atoms with Crippen LogP contribution in [0.1, 0.15) is 19.8 Å². The molecule has 2 atom stereocenters. The van der Waals surface area contributed by atoms with Crippen molar-refractivity contribution in [2.75, 3.05) is 12.9 Å². The van der Waals surface area contributed by atoms with Gasteiger partial charge < -0.3 is 9.47 Å². The monoisotopic (exact) mass is 259 g/mol. The van der Waals surface area contributed by atoms with Crippen LogP contribution in [0.5, 0.6) is 0 Å². The smallest absolute Gasteiger partial charge is 0.437 e. The van der Waals surface area contributed by atoms with Crippen LogP contribution in [0.25, 0.3) is 0 Å². The molecule has 2 aliphatic heterocycles. The van der Waals surface area contributed by atoms with Crippen LogP contribution in [0.2, 0.25) is 0 Å². The molecule has 2 rings (SSSR count). The Labute approximate surface area is 101 Å². The Balaban J connectivity index is 2.27. The molecule has 2 heterocycles. The molecule has 1 saturated heterocycles. The van der Waals surface area contributed by atoms with E-state index in [-0.39, 0.29) is 17.8 Å². The van der Waals surface area contributed by atoms with Gasteiger partial charge in [-0.15, -0.1) is 0 Å². The molecule has 1 fully saturated rings. The third-order valence-electron chi connectivity index (χ3n) is 2.81. The van der Waals surface area contributed by atoms with Gasteiger partial charge in [-0.05, 0) is 0 Å². The van der Waals surface area contributed by atoms with E-state index < -0.39 is 17.0 Å². The van der Waals surface area contributed by atoms with Gasteiger partial charge in [0.1, 0.15) is 0 Å². The van der Waals surface area contributed by atoms with Crippen molar-refractivity contribution in [1.29, 1.82) is 0 Å². The predicted molar refractivity (Wildman–Crippen MR) is 59.1 cm³/mol. The second-order valence-electron chi connectivity index (χ2n) is 3.74. The molecule has 0 saturated carbocycles. The van der Waals surface area contributed by atoms with Crippen LogP contribution < -0.4 is 0 Å². The van der Waals surface area contributed by atoms with E-state index in [0.29, 0.717) is 23.5 Å². The van der Waals surface area contributed by atoms with E-state index in [1.54, 1.807) is 6.92 Å². The summed E-state index contributed by atoms with van der Waals surface area (Å²) in [5.74, 6) is 0.424. The molecular formula is C10H13NO5S. The van der Waals surface area contributed by atoms with Crippen molar-refractivity contribution < 1.29 is 23.3 Å². The molecule has 7 heteroatoms. The number of nitrogens with zero attached hydrogens (tertiary/aromatic N) is 1. The first-order valence-electron chi connectivity index (χ1n) is 5.27. The largest absolute Gasteiger partial charge is 0.514 e. The van der Waals surface area contributed by atoms with Gasteiger partial charge in [-0.1, -0.05) is 6.92 Å². The summed E-state index contributed by atoms with van der Waals surface area (Å²) in [6.45, 7) is 1.77. The molecule has 0 aliphatic carbocycles. The van der Waals surface area contributed by atoms with E-state index in [0.717, 1.165) is 0 Å². The lowest BCUT2D eigenvalue weighted by atomic mass is 10.0. The normalized spacial score (nSPS) is 24.2. The SMILES string of the molecule is CCS(=O)C1=C(OC(=O)OC)N2C(=O)CC2C1. The second kappa shape index (κ2) is 4.48. The molecule has 17 heavy (non-hydrogen) atoms. The van der Waals surface area contributed by atoms with E-state index in [9.17, 15) is 13.8 Å². The Morgan fingerprint density at radius 2 is 2.24 bits per heavy atom. The Morgan fingerprint density at radius 1 is 1.53 bits per heavy atom. The van der Waals surface area contributed by atoms with E-state index in [1.165, 1.54) is 12.0 Å². The number of hydrogen-bond donors (Lipinski definition) is 0. The van der Waals surface area contributed by atoms with Gasteiger partial charge in [0.25, 0.3) is 0 Å². The minimum atomic E-state index is -1.21. The zero-order valence-corrected chi connectivity index (χ0v) is 10.4. The number of carbonyl (C=O) groups is 2. The highest BCUT2D eigenvalue weighted by molar-refractivity contribution is 7.89. The summed E-state index contributed by atoms with van der Waals surface area (Å²) < 4.78 is 21.1. The Morgan fingerprint density at radius 3 is 2.76 bits per heavy atom. The quantitative estimate of drug-likeness (QED) is 0.551. The third-order valence-corrected chi connectivity index (χ3v) is 4.22. The molecule has 0 spiro atoms. The van der Waals surface area contributed by atoms with Crippen LogP contribution in [0, 0.1) is 0 Å². The number of β-lactam (4-membered cyclic amide) rings is 1. The van der Waals surface area contributed by atoms with Gasteiger partial charge in [0.2, 0.25) is 11.8 Å². The number of fused-ring (bicyclic) bond motifs is 1. The predicted octanol–water partition coefficient (Wildman–Crippen LogP) is 0.712. The number of rotatable bonds is 3. The molecule has 2 aliphatic rings. The van der Waals surface area contributed by atoms with Gasteiger partial charge in [0.05, 0.1) is 28.9 Å². The Bertz CT molecular complexity index is 430. The number of amides is 1. The van der Waals surface area contributed by atoms with Crippen molar-refractivity contribution in [3.05, 3.63) is 10.8 Å². The Kier molecular flexibility index (Phi) is 3.19. The van der Waals surface area contributed by atoms with Gasteiger partial charge in [0.15, 0.2) is 0 Å². The van der Waals surface area contributed by atoms with Gasteiger partial charge in [0, 0.05) is 18.6 Å². The van der Waals surface area contributed by atoms with E-state index in [2.05, 4.69) is 4.74 Å². The zero-order valence-electron chi connectivity index (χ0n) is 9.60. The van der Waals surface area contributed by atoms with Gasteiger partial charge in [-0.3, -0.25) is 13.9 Å². The van der Waals surface area contributed by atoms with Crippen LogP contribution in [0.15, 0.2) is 10.8 Å². The summed E-state index contributed by atoms with van der Waals surface area (Å²) in [5, 5.41) is 0. The standard InChI is InChI=1S/C10H13NO5S/c1-3-17(14)7-4-6-5-8(12)11(6)9(7)16-10(13)15-2/h6H,3-5H2,1-2H3. The minimum Gasteiger partial charge on any atom is -0.437 e. The van der Waals surface area contributed by atoms with Crippen LogP contribution in [0.3, 0.4) is 0 Å². The van der Waals surface area contributed by atoms with E-state index >= 15 is 0 Å². The molecule has 0 aromatic carbocycles. The van der Waals surface area contributed by atoms with Crippen molar-refractivity contribution in [2.45, 2.75) is 25.8 Å². The Hall–Kier alpha value is -1.37. The summed E-state index contributed by atoms with van der Waals surface area (Å²) in [6, 6.07) is -0.00680. The first-order valence-corrected chi connectivity index (χ1v) is 6.59. The van der Waals surface area contributed by atoms with Gasteiger partial charge >= 0.3 is 6.16 Å².